The molecular formula is C23H28ClNO3. The number of carbonyl (C=O) groups excluding carboxylic acids is 1. The fourth-order valence-electron chi connectivity index (χ4n) is 3.68. The predicted octanol–water partition coefficient (Wildman–Crippen LogP) is 5.78. The molecule has 2 aromatic rings. The van der Waals surface area contributed by atoms with E-state index in [9.17, 15) is 9.90 Å². The van der Waals surface area contributed by atoms with Crippen LogP contribution in [-0.4, -0.2) is 17.6 Å². The lowest BCUT2D eigenvalue weighted by Gasteiger charge is -2.24. The number of halogens is 1. The van der Waals surface area contributed by atoms with Crippen LogP contribution in [0.5, 0.6) is 11.5 Å². The molecule has 0 aromatic heterocycles. The molecule has 1 fully saturated rings. The number of hydrogen-bond donors (Lipinski definition) is 2. The van der Waals surface area contributed by atoms with Crippen LogP contribution in [0.25, 0.3) is 0 Å². The van der Waals surface area contributed by atoms with E-state index < -0.39 is 0 Å². The Kier molecular flexibility index (Phi) is 6.19. The van der Waals surface area contributed by atoms with E-state index in [1.807, 2.05) is 18.2 Å². The minimum absolute atomic E-state index is 0.00490. The topological polar surface area (TPSA) is 58.6 Å². The summed E-state index contributed by atoms with van der Waals surface area (Å²) in [4.78, 5) is 12.5. The van der Waals surface area contributed by atoms with Crippen LogP contribution in [0.4, 0.5) is 5.69 Å². The van der Waals surface area contributed by atoms with E-state index in [1.54, 1.807) is 24.3 Å². The molecule has 0 bridgehead atoms. The molecule has 2 atom stereocenters. The lowest BCUT2D eigenvalue weighted by molar-refractivity contribution is -0.119. The van der Waals surface area contributed by atoms with Crippen LogP contribution in [0.1, 0.15) is 45.6 Å². The van der Waals surface area contributed by atoms with Gasteiger partial charge >= 0.3 is 0 Å². The van der Waals surface area contributed by atoms with Crippen LogP contribution in [0.2, 0.25) is 5.02 Å². The van der Waals surface area contributed by atoms with Crippen LogP contribution in [0.3, 0.4) is 0 Å². The van der Waals surface area contributed by atoms with E-state index in [-0.39, 0.29) is 23.0 Å². The monoisotopic (exact) mass is 401 g/mol. The van der Waals surface area contributed by atoms with Crippen molar-refractivity contribution in [1.29, 1.82) is 0 Å². The molecule has 2 aromatic carbocycles. The lowest BCUT2D eigenvalue weighted by Crippen LogP contribution is -2.21. The average Bonchev–Trinajstić information content (AvgIpc) is 3.11. The van der Waals surface area contributed by atoms with Gasteiger partial charge in [0.1, 0.15) is 11.5 Å². The van der Waals surface area contributed by atoms with Gasteiger partial charge in [0.2, 0.25) is 5.91 Å². The molecule has 0 aliphatic heterocycles. The molecule has 2 N–H and O–H groups in total. The van der Waals surface area contributed by atoms with E-state index >= 15 is 0 Å². The van der Waals surface area contributed by atoms with E-state index in [4.69, 9.17) is 16.3 Å². The second-order valence-corrected chi connectivity index (χ2v) is 9.05. The van der Waals surface area contributed by atoms with Crippen molar-refractivity contribution in [1.82, 2.24) is 0 Å². The van der Waals surface area contributed by atoms with Crippen molar-refractivity contribution < 1.29 is 14.6 Å². The highest BCUT2D eigenvalue weighted by molar-refractivity contribution is 6.30. The van der Waals surface area contributed by atoms with E-state index in [1.165, 1.54) is 0 Å². The summed E-state index contributed by atoms with van der Waals surface area (Å²) in [5.41, 5.74) is 1.75. The molecule has 1 amide bonds. The van der Waals surface area contributed by atoms with Crippen molar-refractivity contribution in [2.24, 2.45) is 11.8 Å². The van der Waals surface area contributed by atoms with Gasteiger partial charge in [0.05, 0.1) is 6.61 Å². The highest BCUT2D eigenvalue weighted by Crippen LogP contribution is 2.36. The van der Waals surface area contributed by atoms with Gasteiger partial charge in [-0.3, -0.25) is 4.79 Å². The van der Waals surface area contributed by atoms with Crippen LogP contribution in [-0.2, 0) is 10.2 Å². The van der Waals surface area contributed by atoms with Gasteiger partial charge in [-0.05, 0) is 73.1 Å². The van der Waals surface area contributed by atoms with Crippen molar-refractivity contribution in [3.63, 3.8) is 0 Å². The number of phenols is 1. The maximum atomic E-state index is 12.5. The largest absolute Gasteiger partial charge is 0.508 e. The van der Waals surface area contributed by atoms with Crippen molar-refractivity contribution >= 4 is 23.2 Å². The minimum atomic E-state index is -0.0531. The summed E-state index contributed by atoms with van der Waals surface area (Å²) < 4.78 is 6.14. The summed E-state index contributed by atoms with van der Waals surface area (Å²) in [7, 11) is 0. The first-order chi connectivity index (χ1) is 13.2. The van der Waals surface area contributed by atoms with E-state index in [2.05, 4.69) is 26.1 Å². The molecule has 1 saturated carbocycles. The normalized spacial score (nSPS) is 19.4. The number of rotatable bonds is 5. The summed E-state index contributed by atoms with van der Waals surface area (Å²) in [6.07, 6.45) is 2.67. The molecule has 1 aliphatic carbocycles. The molecule has 5 heteroatoms. The minimum Gasteiger partial charge on any atom is -0.508 e. The highest BCUT2D eigenvalue weighted by Gasteiger charge is 2.31. The Bertz CT molecular complexity index is 827. The number of amides is 1. The first-order valence-electron chi connectivity index (χ1n) is 9.75. The molecule has 0 saturated heterocycles. The summed E-state index contributed by atoms with van der Waals surface area (Å²) in [6, 6.07) is 12.3. The van der Waals surface area contributed by atoms with Crippen molar-refractivity contribution in [2.45, 2.75) is 45.4 Å². The number of ether oxygens (including phenoxy) is 1. The van der Waals surface area contributed by atoms with Crippen molar-refractivity contribution in [3.8, 4) is 11.5 Å². The standard InChI is InChI=1S/C23H28ClNO3/c1-23(2,3)20-13-17(24)6-11-21(20)28-14-15-4-5-16(12-15)22(27)25-18-7-9-19(26)10-8-18/h6-11,13,15-16,26H,4-5,12,14H2,1-3H3,(H,25,27). The molecule has 150 valence electrons. The van der Waals surface area contributed by atoms with Gasteiger partial charge in [0.25, 0.3) is 0 Å². The molecule has 0 heterocycles. The van der Waals surface area contributed by atoms with E-state index in [0.29, 0.717) is 23.2 Å². The van der Waals surface area contributed by atoms with Gasteiger partial charge < -0.3 is 15.2 Å². The number of benzene rings is 2. The zero-order valence-electron chi connectivity index (χ0n) is 16.7. The molecule has 2 unspecified atom stereocenters. The third kappa shape index (κ3) is 5.20. The van der Waals surface area contributed by atoms with Gasteiger partial charge in [0, 0.05) is 22.2 Å². The predicted molar refractivity (Wildman–Crippen MR) is 113 cm³/mol. The summed E-state index contributed by atoms with van der Waals surface area (Å²) in [5, 5.41) is 13.0. The summed E-state index contributed by atoms with van der Waals surface area (Å²) in [5.74, 6) is 1.45. The molecule has 28 heavy (non-hydrogen) atoms. The number of hydrogen-bond acceptors (Lipinski definition) is 3. The maximum Gasteiger partial charge on any atom is 0.227 e. The Labute approximate surface area is 171 Å². The number of carbonyl (C=O) groups is 1. The molecule has 1 aliphatic rings. The molecule has 0 radical (unpaired) electrons. The van der Waals surface area contributed by atoms with Crippen LogP contribution in [0.15, 0.2) is 42.5 Å². The Balaban J connectivity index is 1.55. The Morgan fingerprint density at radius 3 is 2.57 bits per heavy atom. The number of phenolic OH excluding ortho intramolecular Hbond substituents is 1. The van der Waals surface area contributed by atoms with Crippen molar-refractivity contribution in [3.05, 3.63) is 53.1 Å². The van der Waals surface area contributed by atoms with Gasteiger partial charge in [-0.2, -0.15) is 0 Å². The maximum absolute atomic E-state index is 12.5. The first-order valence-corrected chi connectivity index (χ1v) is 10.1. The Hall–Kier alpha value is -2.20. The fourth-order valence-corrected chi connectivity index (χ4v) is 3.85. The second-order valence-electron chi connectivity index (χ2n) is 8.61. The molecule has 3 rings (SSSR count). The lowest BCUT2D eigenvalue weighted by atomic mass is 9.86. The highest BCUT2D eigenvalue weighted by atomic mass is 35.5. The molecular weight excluding hydrogens is 374 g/mol. The summed E-state index contributed by atoms with van der Waals surface area (Å²) in [6.45, 7) is 7.04. The van der Waals surface area contributed by atoms with Gasteiger partial charge in [-0.15, -0.1) is 0 Å². The average molecular weight is 402 g/mol. The fraction of sp³-hybridized carbons (Fsp3) is 0.435. The smallest absolute Gasteiger partial charge is 0.227 e. The Morgan fingerprint density at radius 1 is 1.18 bits per heavy atom. The molecule has 4 nitrogen and oxygen atoms in total. The zero-order chi connectivity index (χ0) is 20.3. The van der Waals surface area contributed by atoms with Crippen molar-refractivity contribution in [2.75, 3.05) is 11.9 Å². The third-order valence-corrected chi connectivity index (χ3v) is 5.51. The van der Waals surface area contributed by atoms with Crippen LogP contribution >= 0.6 is 11.6 Å². The number of anilines is 1. The zero-order valence-corrected chi connectivity index (χ0v) is 17.4. The first kappa shape index (κ1) is 20.5. The van der Waals surface area contributed by atoms with Gasteiger partial charge in [-0.25, -0.2) is 0 Å². The second kappa shape index (κ2) is 8.44. The van der Waals surface area contributed by atoms with Gasteiger partial charge in [-0.1, -0.05) is 32.4 Å². The quantitative estimate of drug-likeness (QED) is 0.624. The van der Waals surface area contributed by atoms with Gasteiger partial charge in [0.15, 0.2) is 0 Å². The number of nitrogens with one attached hydrogen (secondary N) is 1. The summed E-state index contributed by atoms with van der Waals surface area (Å²) >= 11 is 6.17. The van der Waals surface area contributed by atoms with E-state index in [0.717, 1.165) is 30.6 Å². The molecule has 0 spiro atoms. The van der Waals surface area contributed by atoms with Crippen LogP contribution in [0, 0.1) is 11.8 Å². The SMILES string of the molecule is CC(C)(C)c1cc(Cl)ccc1OCC1CCC(C(=O)Nc2ccc(O)cc2)C1. The van der Waals surface area contributed by atoms with Crippen LogP contribution < -0.4 is 10.1 Å². The number of aromatic hydroxyl groups is 1. The Morgan fingerprint density at radius 2 is 1.89 bits per heavy atom. The third-order valence-electron chi connectivity index (χ3n) is 5.27.